The Morgan fingerprint density at radius 1 is 1.38 bits per heavy atom. The molecule has 1 unspecified atom stereocenters. The van der Waals surface area contributed by atoms with Crippen LogP contribution in [0.2, 0.25) is 0 Å². The van der Waals surface area contributed by atoms with Crippen LogP contribution in [0, 0.1) is 11.8 Å². The summed E-state index contributed by atoms with van der Waals surface area (Å²) in [4.78, 5) is 0. The summed E-state index contributed by atoms with van der Waals surface area (Å²) in [7, 11) is 0. The number of piperidine rings is 1. The van der Waals surface area contributed by atoms with E-state index in [0.29, 0.717) is 18.4 Å². The van der Waals surface area contributed by atoms with Crippen LogP contribution in [0.25, 0.3) is 0 Å². The molecule has 1 aliphatic heterocycles. The zero-order valence-corrected chi connectivity index (χ0v) is 8.62. The van der Waals surface area contributed by atoms with Gasteiger partial charge in [-0.25, -0.2) is 0 Å². The molecule has 2 N–H and O–H groups in total. The largest absolute Gasteiger partial charge is 0.368 e. The van der Waals surface area contributed by atoms with E-state index in [1.807, 2.05) is 0 Å². The molecule has 13 heavy (non-hydrogen) atoms. The van der Waals surface area contributed by atoms with Crippen molar-refractivity contribution >= 4 is 0 Å². The van der Waals surface area contributed by atoms with Gasteiger partial charge in [0.05, 0.1) is 6.61 Å². The van der Waals surface area contributed by atoms with Crippen LogP contribution < -0.4 is 5.32 Å². The molecule has 78 valence electrons. The predicted molar refractivity (Wildman–Crippen MR) is 52.4 cm³/mol. The highest BCUT2D eigenvalue weighted by Crippen LogP contribution is 2.17. The minimum absolute atomic E-state index is 0.333. The molecule has 0 aromatic heterocycles. The van der Waals surface area contributed by atoms with Crippen LogP contribution in [0.4, 0.5) is 0 Å². The highest BCUT2D eigenvalue weighted by Gasteiger charge is 2.21. The Hall–Kier alpha value is -0.120. The topological polar surface area (TPSA) is 41.5 Å². The van der Waals surface area contributed by atoms with Gasteiger partial charge in [0.1, 0.15) is 0 Å². The van der Waals surface area contributed by atoms with Gasteiger partial charge in [0.15, 0.2) is 6.29 Å². The normalized spacial score (nSPS) is 22.2. The molecule has 0 radical (unpaired) electrons. The average molecular weight is 187 g/mol. The average Bonchev–Trinajstić information content (AvgIpc) is 2.15. The fraction of sp³-hybridized carbons (Fsp3) is 1.00. The molecule has 0 aromatic rings. The number of aliphatic hydroxyl groups is 1. The van der Waals surface area contributed by atoms with E-state index in [2.05, 4.69) is 19.2 Å². The van der Waals surface area contributed by atoms with Gasteiger partial charge in [0.2, 0.25) is 0 Å². The monoisotopic (exact) mass is 187 g/mol. The van der Waals surface area contributed by atoms with Crippen LogP contribution >= 0.6 is 0 Å². The molecule has 1 saturated heterocycles. The highest BCUT2D eigenvalue weighted by atomic mass is 16.6. The van der Waals surface area contributed by atoms with Gasteiger partial charge in [-0.2, -0.15) is 0 Å². The fourth-order valence-corrected chi connectivity index (χ4v) is 1.56. The number of hydrogen-bond acceptors (Lipinski definition) is 3. The standard InChI is InChI=1S/C10H21NO2/c1-8(2)7-13-10(12)9-3-5-11-6-4-9/h8-12H,3-7H2,1-2H3. The van der Waals surface area contributed by atoms with E-state index in [4.69, 9.17) is 4.74 Å². The summed E-state index contributed by atoms with van der Waals surface area (Å²) in [6.45, 7) is 6.86. The van der Waals surface area contributed by atoms with Gasteiger partial charge in [0.25, 0.3) is 0 Å². The molecule has 3 heteroatoms. The molecular formula is C10H21NO2. The smallest absolute Gasteiger partial charge is 0.157 e. The number of nitrogens with one attached hydrogen (secondary N) is 1. The minimum Gasteiger partial charge on any atom is -0.368 e. The Kier molecular flexibility index (Phi) is 4.70. The Bertz CT molecular complexity index is 133. The summed E-state index contributed by atoms with van der Waals surface area (Å²) in [5.74, 6) is 0.830. The molecule has 0 bridgehead atoms. The van der Waals surface area contributed by atoms with Gasteiger partial charge in [-0.1, -0.05) is 13.8 Å². The van der Waals surface area contributed by atoms with Crippen LogP contribution in [0.15, 0.2) is 0 Å². The molecule has 0 spiro atoms. The zero-order chi connectivity index (χ0) is 9.68. The van der Waals surface area contributed by atoms with Gasteiger partial charge in [-0.3, -0.25) is 0 Å². The number of rotatable bonds is 4. The lowest BCUT2D eigenvalue weighted by Gasteiger charge is -2.27. The second kappa shape index (κ2) is 5.58. The van der Waals surface area contributed by atoms with Crippen molar-refractivity contribution in [3.63, 3.8) is 0 Å². The Morgan fingerprint density at radius 2 is 2.00 bits per heavy atom. The lowest BCUT2D eigenvalue weighted by Crippen LogP contribution is -2.35. The van der Waals surface area contributed by atoms with Crippen LogP contribution in [0.1, 0.15) is 26.7 Å². The van der Waals surface area contributed by atoms with Crippen molar-refractivity contribution in [2.24, 2.45) is 11.8 Å². The van der Waals surface area contributed by atoms with E-state index in [1.54, 1.807) is 0 Å². The van der Waals surface area contributed by atoms with E-state index in [0.717, 1.165) is 25.9 Å². The second-order valence-electron chi connectivity index (χ2n) is 4.21. The summed E-state index contributed by atoms with van der Waals surface area (Å²) in [6, 6.07) is 0. The highest BCUT2D eigenvalue weighted by molar-refractivity contribution is 4.70. The summed E-state index contributed by atoms with van der Waals surface area (Å²) in [5.41, 5.74) is 0. The number of ether oxygens (including phenoxy) is 1. The third-order valence-electron chi connectivity index (χ3n) is 2.39. The molecule has 0 amide bonds. The van der Waals surface area contributed by atoms with Crippen molar-refractivity contribution in [3.8, 4) is 0 Å². The second-order valence-corrected chi connectivity index (χ2v) is 4.21. The van der Waals surface area contributed by atoms with Gasteiger partial charge < -0.3 is 15.2 Å². The van der Waals surface area contributed by atoms with E-state index in [9.17, 15) is 5.11 Å². The van der Waals surface area contributed by atoms with Crippen molar-refractivity contribution in [2.45, 2.75) is 33.0 Å². The number of aliphatic hydroxyl groups excluding tert-OH is 1. The molecule has 1 aliphatic rings. The fourth-order valence-electron chi connectivity index (χ4n) is 1.56. The van der Waals surface area contributed by atoms with E-state index in [1.165, 1.54) is 0 Å². The first-order chi connectivity index (χ1) is 6.20. The molecule has 1 fully saturated rings. The lowest BCUT2D eigenvalue weighted by molar-refractivity contribution is -0.145. The first-order valence-corrected chi connectivity index (χ1v) is 5.20. The van der Waals surface area contributed by atoms with E-state index in [-0.39, 0.29) is 0 Å². The Balaban J connectivity index is 2.17. The maximum atomic E-state index is 9.67. The molecule has 1 atom stereocenters. The first kappa shape index (κ1) is 11.0. The van der Waals surface area contributed by atoms with Crippen molar-refractivity contribution < 1.29 is 9.84 Å². The quantitative estimate of drug-likeness (QED) is 0.645. The van der Waals surface area contributed by atoms with Crippen LogP contribution in [0.5, 0.6) is 0 Å². The van der Waals surface area contributed by atoms with E-state index >= 15 is 0 Å². The molecule has 0 aromatic carbocycles. The lowest BCUT2D eigenvalue weighted by atomic mass is 9.97. The molecule has 0 aliphatic carbocycles. The van der Waals surface area contributed by atoms with Gasteiger partial charge in [-0.05, 0) is 31.8 Å². The van der Waals surface area contributed by atoms with Crippen LogP contribution in [-0.4, -0.2) is 31.1 Å². The summed E-state index contributed by atoms with van der Waals surface area (Å²) in [6.07, 6.45) is 1.50. The molecule has 3 nitrogen and oxygen atoms in total. The maximum absolute atomic E-state index is 9.67. The Morgan fingerprint density at radius 3 is 2.54 bits per heavy atom. The maximum Gasteiger partial charge on any atom is 0.157 e. The van der Waals surface area contributed by atoms with Gasteiger partial charge in [0, 0.05) is 5.92 Å². The molecule has 1 heterocycles. The number of hydrogen-bond donors (Lipinski definition) is 2. The van der Waals surface area contributed by atoms with Crippen LogP contribution in [0.3, 0.4) is 0 Å². The third-order valence-corrected chi connectivity index (χ3v) is 2.39. The van der Waals surface area contributed by atoms with Gasteiger partial charge >= 0.3 is 0 Å². The predicted octanol–water partition coefficient (Wildman–Crippen LogP) is 0.977. The SMILES string of the molecule is CC(C)COC(O)C1CCNCC1. The summed E-state index contributed by atoms with van der Waals surface area (Å²) >= 11 is 0. The first-order valence-electron chi connectivity index (χ1n) is 5.20. The van der Waals surface area contributed by atoms with Crippen LogP contribution in [-0.2, 0) is 4.74 Å². The van der Waals surface area contributed by atoms with Crippen molar-refractivity contribution in [3.05, 3.63) is 0 Å². The summed E-state index contributed by atoms with van der Waals surface area (Å²) in [5, 5.41) is 12.9. The van der Waals surface area contributed by atoms with E-state index < -0.39 is 6.29 Å². The summed E-state index contributed by atoms with van der Waals surface area (Å²) < 4.78 is 5.37. The Labute approximate surface area is 80.5 Å². The molecule has 0 saturated carbocycles. The molecular weight excluding hydrogens is 166 g/mol. The van der Waals surface area contributed by atoms with Crippen molar-refractivity contribution in [1.29, 1.82) is 0 Å². The third kappa shape index (κ3) is 4.07. The van der Waals surface area contributed by atoms with Gasteiger partial charge in [-0.15, -0.1) is 0 Å². The minimum atomic E-state index is -0.551. The van der Waals surface area contributed by atoms with Crippen molar-refractivity contribution in [2.75, 3.05) is 19.7 Å². The molecule has 1 rings (SSSR count). The van der Waals surface area contributed by atoms with Crippen molar-refractivity contribution in [1.82, 2.24) is 5.32 Å². The zero-order valence-electron chi connectivity index (χ0n) is 8.62.